The quantitative estimate of drug-likeness (QED) is 0.577. The molecule has 1 saturated heterocycles. The summed E-state index contributed by atoms with van der Waals surface area (Å²) >= 11 is 0. The normalized spacial score (nSPS) is 27.1. The maximum absolute atomic E-state index is 10.7. The molecule has 2 N–H and O–H groups in total. The summed E-state index contributed by atoms with van der Waals surface area (Å²) in [5.74, 6) is -0.223. The number of amides is 1. The number of likely N-dealkylation sites (N-methyl/N-ethyl adjacent to an activating group) is 1. The van der Waals surface area contributed by atoms with Crippen molar-refractivity contribution >= 4 is 5.91 Å². The van der Waals surface area contributed by atoms with Crippen LogP contribution in [0.15, 0.2) is 0 Å². The van der Waals surface area contributed by atoms with E-state index in [1.807, 2.05) is 13.3 Å². The Hall–Kier alpha value is -0.570. The minimum Gasteiger partial charge on any atom is -0.368 e. The molecule has 1 fully saturated rings. The molecule has 1 rings (SSSR count). The van der Waals surface area contributed by atoms with Gasteiger partial charge in [0.25, 0.3) is 0 Å². The zero-order valence-corrected chi connectivity index (χ0v) is 6.21. The van der Waals surface area contributed by atoms with E-state index in [-0.39, 0.29) is 11.9 Å². The zero-order chi connectivity index (χ0) is 7.56. The predicted octanol–water partition coefficient (Wildman–Crippen LogP) is -0.230. The van der Waals surface area contributed by atoms with Gasteiger partial charge in [0.15, 0.2) is 0 Å². The Kier molecular flexibility index (Phi) is 2.27. The molecule has 0 saturated carbocycles. The van der Waals surface area contributed by atoms with Crippen molar-refractivity contribution in [2.24, 2.45) is 5.73 Å². The molecule has 0 aromatic rings. The third kappa shape index (κ3) is 1.29. The molecule has 0 aromatic carbocycles. The van der Waals surface area contributed by atoms with Crippen molar-refractivity contribution in [3.8, 4) is 0 Å². The maximum Gasteiger partial charge on any atom is 0.235 e. The Morgan fingerprint density at radius 3 is 3.00 bits per heavy atom. The molecule has 57 valence electrons. The Labute approximate surface area is 61.2 Å². The van der Waals surface area contributed by atoms with Gasteiger partial charge in [-0.1, -0.05) is 6.92 Å². The van der Waals surface area contributed by atoms with E-state index in [1.165, 1.54) is 0 Å². The van der Waals surface area contributed by atoms with Gasteiger partial charge in [0.05, 0.1) is 6.04 Å². The molecular formula is C7H13N2O. The van der Waals surface area contributed by atoms with Gasteiger partial charge in [-0.2, -0.15) is 0 Å². The summed E-state index contributed by atoms with van der Waals surface area (Å²) in [5.41, 5.74) is 5.15. The molecule has 1 aliphatic rings. The minimum absolute atomic E-state index is 0.106. The first kappa shape index (κ1) is 7.54. The van der Waals surface area contributed by atoms with E-state index in [2.05, 4.69) is 4.90 Å². The highest BCUT2D eigenvalue weighted by atomic mass is 16.1. The van der Waals surface area contributed by atoms with Crippen LogP contribution in [-0.2, 0) is 4.79 Å². The summed E-state index contributed by atoms with van der Waals surface area (Å²) < 4.78 is 0. The predicted molar refractivity (Wildman–Crippen MR) is 39.1 cm³/mol. The highest BCUT2D eigenvalue weighted by molar-refractivity contribution is 5.81. The van der Waals surface area contributed by atoms with Gasteiger partial charge >= 0.3 is 0 Å². The van der Waals surface area contributed by atoms with Crippen molar-refractivity contribution in [2.45, 2.75) is 19.4 Å². The largest absolute Gasteiger partial charge is 0.368 e. The second kappa shape index (κ2) is 3.01. The molecule has 10 heavy (non-hydrogen) atoms. The molecule has 1 unspecified atom stereocenters. The molecule has 1 atom stereocenters. The number of likely N-dealkylation sites (tertiary alicyclic amines) is 1. The van der Waals surface area contributed by atoms with Crippen LogP contribution in [0.25, 0.3) is 0 Å². The van der Waals surface area contributed by atoms with Crippen LogP contribution in [0.5, 0.6) is 0 Å². The summed E-state index contributed by atoms with van der Waals surface area (Å²) in [4.78, 5) is 12.8. The lowest BCUT2D eigenvalue weighted by atomic mass is 10.2. The first-order valence-corrected chi connectivity index (χ1v) is 3.62. The van der Waals surface area contributed by atoms with E-state index in [1.54, 1.807) is 0 Å². The lowest BCUT2D eigenvalue weighted by molar-refractivity contribution is -0.121. The number of hydrogen-bond donors (Lipinski definition) is 1. The topological polar surface area (TPSA) is 46.3 Å². The van der Waals surface area contributed by atoms with Gasteiger partial charge in [-0.15, -0.1) is 0 Å². The lowest BCUT2D eigenvalue weighted by Gasteiger charge is -2.18. The SMILES string of the molecule is CCN1CC[CH]C1C(N)=O. The van der Waals surface area contributed by atoms with E-state index in [9.17, 15) is 4.79 Å². The number of carbonyl (C=O) groups excluding carboxylic acids is 1. The summed E-state index contributed by atoms with van der Waals surface area (Å²) in [5, 5.41) is 0. The molecular weight excluding hydrogens is 128 g/mol. The molecule has 0 bridgehead atoms. The molecule has 1 heterocycles. The maximum atomic E-state index is 10.7. The fourth-order valence-electron chi connectivity index (χ4n) is 1.34. The van der Waals surface area contributed by atoms with Crippen LogP contribution in [0.3, 0.4) is 0 Å². The minimum atomic E-state index is -0.223. The molecule has 3 nitrogen and oxygen atoms in total. The fourth-order valence-corrected chi connectivity index (χ4v) is 1.34. The molecule has 0 spiro atoms. The first-order chi connectivity index (χ1) is 4.75. The summed E-state index contributed by atoms with van der Waals surface area (Å²) in [7, 11) is 0. The van der Waals surface area contributed by atoms with Crippen LogP contribution in [0, 0.1) is 6.42 Å². The first-order valence-electron chi connectivity index (χ1n) is 3.62. The third-order valence-corrected chi connectivity index (χ3v) is 1.90. The Balaban J connectivity index is 2.50. The Morgan fingerprint density at radius 1 is 1.90 bits per heavy atom. The van der Waals surface area contributed by atoms with Crippen LogP contribution in [0.4, 0.5) is 0 Å². The van der Waals surface area contributed by atoms with Crippen molar-refractivity contribution in [3.05, 3.63) is 6.42 Å². The van der Waals surface area contributed by atoms with E-state index in [4.69, 9.17) is 5.73 Å². The molecule has 3 heteroatoms. The van der Waals surface area contributed by atoms with Crippen LogP contribution in [-0.4, -0.2) is 29.9 Å². The van der Waals surface area contributed by atoms with E-state index in [0.717, 1.165) is 19.5 Å². The summed E-state index contributed by atoms with van der Waals surface area (Å²) in [6, 6.07) is -0.106. The van der Waals surface area contributed by atoms with Gasteiger partial charge in [-0.25, -0.2) is 0 Å². The molecule has 0 aromatic heterocycles. The van der Waals surface area contributed by atoms with Crippen molar-refractivity contribution < 1.29 is 4.79 Å². The highest BCUT2D eigenvalue weighted by Crippen LogP contribution is 2.14. The average molecular weight is 141 g/mol. The number of primary amides is 1. The fraction of sp³-hybridized carbons (Fsp3) is 0.714. The molecule has 0 aliphatic carbocycles. The van der Waals surface area contributed by atoms with Crippen LogP contribution in [0.2, 0.25) is 0 Å². The smallest absolute Gasteiger partial charge is 0.235 e. The van der Waals surface area contributed by atoms with E-state index >= 15 is 0 Å². The van der Waals surface area contributed by atoms with Gasteiger partial charge in [0.2, 0.25) is 5.91 Å². The van der Waals surface area contributed by atoms with Crippen molar-refractivity contribution in [1.29, 1.82) is 0 Å². The van der Waals surface area contributed by atoms with Gasteiger partial charge in [0, 0.05) is 0 Å². The molecule has 1 amide bonds. The number of nitrogens with zero attached hydrogens (tertiary/aromatic N) is 1. The number of carbonyl (C=O) groups is 1. The van der Waals surface area contributed by atoms with Gasteiger partial charge in [0.1, 0.15) is 0 Å². The average Bonchev–Trinajstić information content (AvgIpc) is 2.33. The second-order valence-electron chi connectivity index (χ2n) is 2.50. The van der Waals surface area contributed by atoms with Gasteiger partial charge in [-0.05, 0) is 25.9 Å². The van der Waals surface area contributed by atoms with Gasteiger partial charge < -0.3 is 5.73 Å². The zero-order valence-electron chi connectivity index (χ0n) is 6.21. The van der Waals surface area contributed by atoms with Gasteiger partial charge in [-0.3, -0.25) is 9.69 Å². The van der Waals surface area contributed by atoms with Crippen molar-refractivity contribution in [3.63, 3.8) is 0 Å². The Bertz CT molecular complexity index is 136. The number of hydrogen-bond acceptors (Lipinski definition) is 2. The molecule has 1 aliphatic heterocycles. The van der Waals surface area contributed by atoms with E-state index in [0.29, 0.717) is 0 Å². The molecule has 1 radical (unpaired) electrons. The van der Waals surface area contributed by atoms with Crippen molar-refractivity contribution in [2.75, 3.05) is 13.1 Å². The third-order valence-electron chi connectivity index (χ3n) is 1.90. The van der Waals surface area contributed by atoms with E-state index < -0.39 is 0 Å². The standard InChI is InChI=1S/C7H13N2O/c1-2-9-5-3-4-6(9)7(8)10/h4,6H,2-3,5H2,1H3,(H2,8,10). The lowest BCUT2D eigenvalue weighted by Crippen LogP contribution is -2.40. The second-order valence-corrected chi connectivity index (χ2v) is 2.50. The van der Waals surface area contributed by atoms with Crippen molar-refractivity contribution in [1.82, 2.24) is 4.90 Å². The van der Waals surface area contributed by atoms with Crippen LogP contribution >= 0.6 is 0 Å². The summed E-state index contributed by atoms with van der Waals surface area (Å²) in [6.45, 7) is 3.92. The highest BCUT2D eigenvalue weighted by Gasteiger charge is 2.27. The van der Waals surface area contributed by atoms with Crippen LogP contribution < -0.4 is 5.73 Å². The number of rotatable bonds is 2. The Morgan fingerprint density at radius 2 is 2.60 bits per heavy atom. The number of nitrogens with two attached hydrogens (primary N) is 1. The monoisotopic (exact) mass is 141 g/mol. The summed E-state index contributed by atoms with van der Waals surface area (Å²) in [6.07, 6.45) is 2.97. The van der Waals surface area contributed by atoms with Crippen LogP contribution in [0.1, 0.15) is 13.3 Å².